The van der Waals surface area contributed by atoms with Crippen LogP contribution >= 0.6 is 23.2 Å². The van der Waals surface area contributed by atoms with Gasteiger partial charge in [-0.2, -0.15) is 0 Å². The van der Waals surface area contributed by atoms with E-state index in [1.165, 1.54) is 5.56 Å². The molecule has 1 aromatic carbocycles. The molecule has 0 aliphatic heterocycles. The van der Waals surface area contributed by atoms with E-state index in [1.807, 2.05) is 18.2 Å². The molecule has 0 saturated carbocycles. The predicted molar refractivity (Wildman–Crippen MR) is 49.7 cm³/mol. The number of halogens is 2. The van der Waals surface area contributed by atoms with Crippen molar-refractivity contribution in [3.63, 3.8) is 0 Å². The van der Waals surface area contributed by atoms with Gasteiger partial charge in [0.1, 0.15) is 0 Å². The van der Waals surface area contributed by atoms with Gasteiger partial charge < -0.3 is 0 Å². The second-order valence-electron chi connectivity index (χ2n) is 2.32. The van der Waals surface area contributed by atoms with Crippen molar-refractivity contribution >= 4 is 23.2 Å². The third-order valence-electron chi connectivity index (χ3n) is 1.45. The van der Waals surface area contributed by atoms with Crippen molar-refractivity contribution in [1.29, 1.82) is 0 Å². The molecule has 0 aliphatic carbocycles. The molecule has 0 fully saturated rings. The molecule has 0 bridgehead atoms. The first-order valence-corrected chi connectivity index (χ1v) is 4.25. The minimum Gasteiger partial charge on any atom is -0.0983 e. The maximum atomic E-state index is 5.51. The van der Waals surface area contributed by atoms with Gasteiger partial charge in [-0.05, 0) is 18.4 Å². The van der Waals surface area contributed by atoms with Crippen molar-refractivity contribution in [3.8, 4) is 0 Å². The topological polar surface area (TPSA) is 0 Å². The second kappa shape index (κ2) is 4.63. The molecule has 1 rings (SSSR count). The highest BCUT2D eigenvalue weighted by atomic mass is 35.5. The molecular formula is C9H9Cl2. The summed E-state index contributed by atoms with van der Waals surface area (Å²) in [5, 5.41) is 0. The third-order valence-corrected chi connectivity index (χ3v) is 1.82. The van der Waals surface area contributed by atoms with Gasteiger partial charge in [-0.3, -0.25) is 0 Å². The number of benzene rings is 1. The molecular weight excluding hydrogens is 179 g/mol. The minimum absolute atomic E-state index is 0.453. The molecule has 0 heterocycles. The molecule has 1 aromatic rings. The fourth-order valence-electron chi connectivity index (χ4n) is 0.884. The molecule has 0 aliphatic rings. The largest absolute Gasteiger partial charge is 0.151 e. The smallest absolute Gasteiger partial charge is 0.0983 e. The molecule has 11 heavy (non-hydrogen) atoms. The highest BCUT2D eigenvalue weighted by molar-refractivity contribution is 6.52. The number of hydrogen-bond acceptors (Lipinski definition) is 0. The third kappa shape index (κ3) is 3.64. The number of hydrogen-bond donors (Lipinski definition) is 0. The highest BCUT2D eigenvalue weighted by Crippen LogP contribution is 2.19. The van der Waals surface area contributed by atoms with Crippen LogP contribution in [0.1, 0.15) is 12.0 Å². The molecule has 1 radical (unpaired) electrons. The Bertz CT molecular complexity index is 194. The Morgan fingerprint density at radius 3 is 2.27 bits per heavy atom. The lowest BCUT2D eigenvalue weighted by Crippen LogP contribution is -1.85. The molecule has 0 N–H and O–H groups in total. The number of rotatable bonds is 3. The van der Waals surface area contributed by atoms with Crippen LogP contribution in [0.2, 0.25) is 0 Å². The molecule has 0 aromatic heterocycles. The fraction of sp³-hybridized carbons (Fsp3) is 0.222. The maximum absolute atomic E-state index is 5.51. The van der Waals surface area contributed by atoms with Gasteiger partial charge in [0.15, 0.2) is 4.84 Å². The van der Waals surface area contributed by atoms with Gasteiger partial charge in [-0.15, -0.1) is 0 Å². The Morgan fingerprint density at radius 2 is 1.73 bits per heavy atom. The van der Waals surface area contributed by atoms with Crippen molar-refractivity contribution in [2.75, 3.05) is 0 Å². The zero-order valence-electron chi connectivity index (χ0n) is 6.06. The Hall–Kier alpha value is -0.200. The van der Waals surface area contributed by atoms with Crippen LogP contribution in [0.4, 0.5) is 0 Å². The Balaban J connectivity index is 2.39. The zero-order chi connectivity index (χ0) is 8.10. The SMILES string of the molecule is Cl[C](Cl)CCc1ccccc1. The van der Waals surface area contributed by atoms with Crippen LogP contribution in [0.25, 0.3) is 0 Å². The van der Waals surface area contributed by atoms with Crippen molar-refractivity contribution in [3.05, 3.63) is 40.7 Å². The predicted octanol–water partition coefficient (Wildman–Crippen LogP) is 3.59. The summed E-state index contributed by atoms with van der Waals surface area (Å²) < 4.78 is 0. The average Bonchev–Trinajstić information content (AvgIpc) is 2.03. The highest BCUT2D eigenvalue weighted by Gasteiger charge is 1.99. The summed E-state index contributed by atoms with van der Waals surface area (Å²) in [6, 6.07) is 10.2. The maximum Gasteiger partial charge on any atom is 0.151 e. The molecule has 59 valence electrons. The van der Waals surface area contributed by atoms with E-state index in [-0.39, 0.29) is 0 Å². The van der Waals surface area contributed by atoms with Gasteiger partial charge in [0, 0.05) is 0 Å². The van der Waals surface area contributed by atoms with Gasteiger partial charge in [0.2, 0.25) is 0 Å². The van der Waals surface area contributed by atoms with E-state index >= 15 is 0 Å². The standard InChI is InChI=1S/C9H9Cl2/c10-9(11)7-6-8-4-2-1-3-5-8/h1-5H,6-7H2. The summed E-state index contributed by atoms with van der Waals surface area (Å²) in [5.74, 6) is 0. The van der Waals surface area contributed by atoms with Crippen LogP contribution in [0.15, 0.2) is 30.3 Å². The molecule has 0 saturated heterocycles. The normalized spacial score (nSPS) is 10.5. The Morgan fingerprint density at radius 1 is 1.09 bits per heavy atom. The zero-order valence-corrected chi connectivity index (χ0v) is 7.57. The summed E-state index contributed by atoms with van der Waals surface area (Å²) in [5.41, 5.74) is 1.27. The number of aryl methyl sites for hydroxylation is 1. The first-order chi connectivity index (χ1) is 5.29. The van der Waals surface area contributed by atoms with Crippen LogP contribution in [-0.2, 0) is 6.42 Å². The van der Waals surface area contributed by atoms with Crippen molar-refractivity contribution in [2.24, 2.45) is 0 Å². The van der Waals surface area contributed by atoms with Gasteiger partial charge >= 0.3 is 0 Å². The van der Waals surface area contributed by atoms with E-state index in [9.17, 15) is 0 Å². The van der Waals surface area contributed by atoms with Crippen LogP contribution in [0.5, 0.6) is 0 Å². The van der Waals surface area contributed by atoms with Crippen LogP contribution in [-0.4, -0.2) is 0 Å². The lowest BCUT2D eigenvalue weighted by Gasteiger charge is -1.99. The molecule has 2 heteroatoms. The van der Waals surface area contributed by atoms with Crippen molar-refractivity contribution in [2.45, 2.75) is 12.8 Å². The van der Waals surface area contributed by atoms with Gasteiger partial charge in [-0.25, -0.2) is 0 Å². The van der Waals surface area contributed by atoms with E-state index < -0.39 is 0 Å². The quantitative estimate of drug-likeness (QED) is 0.679. The molecule has 0 spiro atoms. The summed E-state index contributed by atoms with van der Waals surface area (Å²) in [6.07, 6.45) is 1.66. The van der Waals surface area contributed by atoms with Crippen LogP contribution in [0.3, 0.4) is 0 Å². The second-order valence-corrected chi connectivity index (χ2v) is 3.43. The van der Waals surface area contributed by atoms with Gasteiger partial charge in [0.25, 0.3) is 0 Å². The Labute approximate surface area is 77.1 Å². The van der Waals surface area contributed by atoms with E-state index in [4.69, 9.17) is 23.2 Å². The van der Waals surface area contributed by atoms with Crippen LogP contribution < -0.4 is 0 Å². The van der Waals surface area contributed by atoms with Gasteiger partial charge in [0.05, 0.1) is 0 Å². The molecule has 0 atom stereocenters. The summed E-state index contributed by atoms with van der Waals surface area (Å²) in [7, 11) is 0. The van der Waals surface area contributed by atoms with E-state index in [1.54, 1.807) is 0 Å². The summed E-state index contributed by atoms with van der Waals surface area (Å²) in [6.45, 7) is 0. The van der Waals surface area contributed by atoms with Gasteiger partial charge in [-0.1, -0.05) is 53.5 Å². The first-order valence-electron chi connectivity index (χ1n) is 3.50. The van der Waals surface area contributed by atoms with E-state index in [0.29, 0.717) is 4.84 Å². The van der Waals surface area contributed by atoms with Crippen molar-refractivity contribution < 1.29 is 0 Å². The average molecular weight is 188 g/mol. The lowest BCUT2D eigenvalue weighted by atomic mass is 10.1. The minimum atomic E-state index is 0.453. The van der Waals surface area contributed by atoms with Crippen LogP contribution in [0, 0.1) is 4.84 Å². The lowest BCUT2D eigenvalue weighted by molar-refractivity contribution is 0.964. The Kier molecular flexibility index (Phi) is 3.74. The van der Waals surface area contributed by atoms with E-state index in [2.05, 4.69) is 12.1 Å². The first kappa shape index (κ1) is 8.89. The monoisotopic (exact) mass is 187 g/mol. The molecule has 0 nitrogen and oxygen atoms in total. The molecule has 0 amide bonds. The summed E-state index contributed by atoms with van der Waals surface area (Å²) in [4.78, 5) is 0.453. The summed E-state index contributed by atoms with van der Waals surface area (Å²) >= 11 is 11.0. The van der Waals surface area contributed by atoms with E-state index in [0.717, 1.165) is 12.8 Å². The van der Waals surface area contributed by atoms with Crippen molar-refractivity contribution in [1.82, 2.24) is 0 Å². The fourth-order valence-corrected chi connectivity index (χ4v) is 1.07. The molecule has 0 unspecified atom stereocenters.